The first kappa shape index (κ1) is 13.9. The van der Waals surface area contributed by atoms with Gasteiger partial charge in [-0.15, -0.1) is 0 Å². The first-order valence-corrected chi connectivity index (χ1v) is 8.06. The molecule has 4 heteroatoms. The summed E-state index contributed by atoms with van der Waals surface area (Å²) in [6.07, 6.45) is 9.97. The van der Waals surface area contributed by atoms with Gasteiger partial charge in [0.2, 0.25) is 0 Å². The van der Waals surface area contributed by atoms with Gasteiger partial charge in [-0.25, -0.2) is 4.98 Å². The molecule has 1 saturated carbocycles. The first-order valence-electron chi connectivity index (χ1n) is 7.68. The molecule has 1 unspecified atom stereocenters. The van der Waals surface area contributed by atoms with Crippen molar-refractivity contribution in [2.45, 2.75) is 57.4 Å². The second-order valence-electron chi connectivity index (χ2n) is 6.08. The second-order valence-corrected chi connectivity index (χ2v) is 6.47. The summed E-state index contributed by atoms with van der Waals surface area (Å²) in [6.45, 7) is 0. The molecule has 0 spiro atoms. The maximum atomic E-state index is 12.1. The van der Waals surface area contributed by atoms with E-state index < -0.39 is 0 Å². The van der Waals surface area contributed by atoms with Crippen molar-refractivity contribution in [3.63, 3.8) is 0 Å². The molecule has 3 nitrogen and oxygen atoms in total. The van der Waals surface area contributed by atoms with Crippen LogP contribution in [0.25, 0.3) is 0 Å². The van der Waals surface area contributed by atoms with Crippen molar-refractivity contribution in [2.75, 3.05) is 0 Å². The summed E-state index contributed by atoms with van der Waals surface area (Å²) >= 11 is 5.93. The van der Waals surface area contributed by atoms with Crippen LogP contribution in [0.5, 0.6) is 0 Å². The molecule has 1 atom stereocenters. The van der Waals surface area contributed by atoms with Crippen LogP contribution >= 0.6 is 11.6 Å². The van der Waals surface area contributed by atoms with Crippen LogP contribution in [0, 0.1) is 5.92 Å². The summed E-state index contributed by atoms with van der Waals surface area (Å²) in [5.41, 5.74) is 1.54. The molecular weight excluding hydrogens is 272 g/mol. The highest BCUT2D eigenvalue weighted by Crippen LogP contribution is 2.29. The van der Waals surface area contributed by atoms with Gasteiger partial charge >= 0.3 is 0 Å². The third-order valence-corrected chi connectivity index (χ3v) is 4.82. The molecule has 1 aromatic rings. The van der Waals surface area contributed by atoms with E-state index >= 15 is 0 Å². The molecule has 0 bridgehead atoms. The topological polar surface area (TPSA) is 42.0 Å². The normalized spacial score (nSPS) is 23.2. The van der Waals surface area contributed by atoms with Gasteiger partial charge in [0, 0.05) is 12.5 Å². The second kappa shape index (κ2) is 6.13. The lowest BCUT2D eigenvalue weighted by molar-refractivity contribution is 0.0919. The maximum Gasteiger partial charge on any atom is 0.253 e. The Kier molecular flexibility index (Phi) is 4.25. The summed E-state index contributed by atoms with van der Waals surface area (Å²) in [5.74, 6) is 0.860. The number of aromatic nitrogens is 1. The standard InChI is InChI=1S/C16H21ClN2O/c17-15-9-8-13-14(19-15)10-12(18-16(13)20)7-6-11-4-2-1-3-5-11/h8-9,11-12H,1-7,10H2,(H,18,20). The van der Waals surface area contributed by atoms with E-state index in [-0.39, 0.29) is 11.9 Å². The van der Waals surface area contributed by atoms with E-state index in [4.69, 9.17) is 11.6 Å². The van der Waals surface area contributed by atoms with Crippen molar-refractivity contribution in [2.24, 2.45) is 5.92 Å². The Hall–Kier alpha value is -1.09. The quantitative estimate of drug-likeness (QED) is 0.862. The number of hydrogen-bond acceptors (Lipinski definition) is 2. The minimum absolute atomic E-state index is 0.00376. The number of hydrogen-bond donors (Lipinski definition) is 1. The lowest BCUT2D eigenvalue weighted by Crippen LogP contribution is -2.42. The van der Waals surface area contributed by atoms with Gasteiger partial charge in [0.05, 0.1) is 11.3 Å². The highest BCUT2D eigenvalue weighted by Gasteiger charge is 2.26. The summed E-state index contributed by atoms with van der Waals surface area (Å²) < 4.78 is 0. The molecule has 3 rings (SSSR count). The van der Waals surface area contributed by atoms with E-state index in [0.29, 0.717) is 10.7 Å². The van der Waals surface area contributed by atoms with E-state index in [1.807, 2.05) is 0 Å². The molecule has 108 valence electrons. The third kappa shape index (κ3) is 3.14. The van der Waals surface area contributed by atoms with E-state index in [9.17, 15) is 4.79 Å². The summed E-state index contributed by atoms with van der Waals surface area (Å²) in [5, 5.41) is 3.59. The summed E-state index contributed by atoms with van der Waals surface area (Å²) in [4.78, 5) is 16.4. The molecule has 2 aliphatic rings. The molecular formula is C16H21ClN2O. The van der Waals surface area contributed by atoms with E-state index in [0.717, 1.165) is 24.5 Å². The number of pyridine rings is 1. The molecule has 1 aromatic heterocycles. The zero-order chi connectivity index (χ0) is 13.9. The van der Waals surface area contributed by atoms with Gasteiger partial charge in [-0.2, -0.15) is 0 Å². The Morgan fingerprint density at radius 3 is 2.80 bits per heavy atom. The molecule has 1 fully saturated rings. The number of rotatable bonds is 3. The van der Waals surface area contributed by atoms with Gasteiger partial charge in [-0.3, -0.25) is 4.79 Å². The van der Waals surface area contributed by atoms with Crippen molar-refractivity contribution in [3.05, 3.63) is 28.5 Å². The minimum atomic E-state index is 0.00376. The van der Waals surface area contributed by atoms with Crippen LogP contribution in [0.3, 0.4) is 0 Å². The van der Waals surface area contributed by atoms with Crippen molar-refractivity contribution >= 4 is 17.5 Å². The van der Waals surface area contributed by atoms with E-state index in [2.05, 4.69) is 10.3 Å². The number of amides is 1. The lowest BCUT2D eigenvalue weighted by atomic mass is 9.84. The monoisotopic (exact) mass is 292 g/mol. The van der Waals surface area contributed by atoms with Crippen LogP contribution < -0.4 is 5.32 Å². The van der Waals surface area contributed by atoms with Crippen LogP contribution in [0.4, 0.5) is 0 Å². The van der Waals surface area contributed by atoms with Crippen LogP contribution in [-0.4, -0.2) is 16.9 Å². The number of nitrogens with one attached hydrogen (secondary N) is 1. The molecule has 0 radical (unpaired) electrons. The number of fused-ring (bicyclic) bond motifs is 1. The molecule has 1 amide bonds. The average molecular weight is 293 g/mol. The van der Waals surface area contributed by atoms with Gasteiger partial charge in [0.25, 0.3) is 5.91 Å². The molecule has 1 aliphatic heterocycles. The van der Waals surface area contributed by atoms with Crippen molar-refractivity contribution in [1.82, 2.24) is 10.3 Å². The predicted molar refractivity (Wildman–Crippen MR) is 80.0 cm³/mol. The Morgan fingerprint density at radius 2 is 2.00 bits per heavy atom. The number of halogens is 1. The van der Waals surface area contributed by atoms with E-state index in [1.54, 1.807) is 12.1 Å². The Balaban J connectivity index is 1.61. The smallest absolute Gasteiger partial charge is 0.253 e. The van der Waals surface area contributed by atoms with Crippen LogP contribution in [-0.2, 0) is 6.42 Å². The van der Waals surface area contributed by atoms with Gasteiger partial charge in [-0.05, 0) is 30.9 Å². The predicted octanol–water partition coefficient (Wildman–Crippen LogP) is 3.75. The van der Waals surface area contributed by atoms with Crippen molar-refractivity contribution < 1.29 is 4.79 Å². The SMILES string of the molecule is O=C1NC(CCC2CCCCC2)Cc2nc(Cl)ccc21. The Morgan fingerprint density at radius 1 is 1.20 bits per heavy atom. The van der Waals surface area contributed by atoms with Gasteiger partial charge < -0.3 is 5.32 Å². The Bertz CT molecular complexity index is 497. The van der Waals surface area contributed by atoms with Gasteiger partial charge in [-0.1, -0.05) is 43.7 Å². The van der Waals surface area contributed by atoms with Crippen LogP contribution in [0.15, 0.2) is 12.1 Å². The van der Waals surface area contributed by atoms with Gasteiger partial charge in [0.15, 0.2) is 0 Å². The molecule has 2 heterocycles. The largest absolute Gasteiger partial charge is 0.349 e. The average Bonchev–Trinajstić information content (AvgIpc) is 2.46. The molecule has 1 aliphatic carbocycles. The highest BCUT2D eigenvalue weighted by molar-refractivity contribution is 6.29. The molecule has 0 saturated heterocycles. The minimum Gasteiger partial charge on any atom is -0.349 e. The fourth-order valence-electron chi connectivity index (χ4n) is 3.47. The summed E-state index contributed by atoms with van der Waals surface area (Å²) in [6, 6.07) is 3.68. The zero-order valence-corrected chi connectivity index (χ0v) is 12.5. The van der Waals surface area contributed by atoms with Crippen molar-refractivity contribution in [1.29, 1.82) is 0 Å². The van der Waals surface area contributed by atoms with Crippen molar-refractivity contribution in [3.8, 4) is 0 Å². The lowest BCUT2D eigenvalue weighted by Gasteiger charge is -2.28. The maximum absolute atomic E-state index is 12.1. The number of nitrogens with zero attached hydrogens (tertiary/aromatic N) is 1. The zero-order valence-electron chi connectivity index (χ0n) is 11.7. The van der Waals surface area contributed by atoms with E-state index in [1.165, 1.54) is 38.5 Å². The Labute approximate surface area is 125 Å². The summed E-state index contributed by atoms with van der Waals surface area (Å²) in [7, 11) is 0. The fourth-order valence-corrected chi connectivity index (χ4v) is 3.64. The van der Waals surface area contributed by atoms with Gasteiger partial charge in [0.1, 0.15) is 5.15 Å². The first-order chi connectivity index (χ1) is 9.72. The fraction of sp³-hybridized carbons (Fsp3) is 0.625. The third-order valence-electron chi connectivity index (χ3n) is 4.61. The number of carbonyl (C=O) groups is 1. The molecule has 20 heavy (non-hydrogen) atoms. The highest BCUT2D eigenvalue weighted by atomic mass is 35.5. The number of carbonyl (C=O) groups excluding carboxylic acids is 1. The molecule has 1 N–H and O–H groups in total. The molecule has 0 aromatic carbocycles. The van der Waals surface area contributed by atoms with Crippen LogP contribution in [0.2, 0.25) is 5.15 Å². The van der Waals surface area contributed by atoms with Crippen LogP contribution in [0.1, 0.15) is 61.0 Å².